The van der Waals surface area contributed by atoms with E-state index in [1.807, 2.05) is 80.4 Å². The van der Waals surface area contributed by atoms with Gasteiger partial charge in [-0.25, -0.2) is 0 Å². The number of hydrogen-bond acceptors (Lipinski definition) is 7. The van der Waals surface area contributed by atoms with Gasteiger partial charge in [0.25, 0.3) is 0 Å². The highest BCUT2D eigenvalue weighted by Crippen LogP contribution is 2.37. The third kappa shape index (κ3) is 7.54. The van der Waals surface area contributed by atoms with E-state index >= 15 is 0 Å². The largest absolute Gasteiger partial charge is 0.489 e. The van der Waals surface area contributed by atoms with Gasteiger partial charge in [0.1, 0.15) is 18.6 Å². The first-order chi connectivity index (χ1) is 16.1. The molecule has 2 aliphatic rings. The van der Waals surface area contributed by atoms with Crippen LogP contribution in [0.2, 0.25) is 0 Å². The average Bonchev–Trinajstić information content (AvgIpc) is 3.09. The van der Waals surface area contributed by atoms with Crippen LogP contribution in [0.25, 0.3) is 0 Å². The molecule has 2 saturated heterocycles. The lowest BCUT2D eigenvalue weighted by atomic mass is 9.90. The molecule has 0 spiro atoms. The van der Waals surface area contributed by atoms with Gasteiger partial charge in [-0.15, -0.1) is 0 Å². The van der Waals surface area contributed by atoms with Crippen molar-refractivity contribution in [3.05, 3.63) is 53.4 Å². The second-order valence-corrected chi connectivity index (χ2v) is 10.7. The van der Waals surface area contributed by atoms with Gasteiger partial charge in [0.15, 0.2) is 0 Å². The van der Waals surface area contributed by atoms with E-state index < -0.39 is 0 Å². The van der Waals surface area contributed by atoms with Gasteiger partial charge < -0.3 is 28.5 Å². The molecule has 0 aliphatic carbocycles. The molecule has 0 bridgehead atoms. The highest BCUT2D eigenvalue weighted by molar-refractivity contribution is 6.52. The normalized spacial score (nSPS) is 21.9. The SMILES string of the molecule is CC1(C)OB(/C=C/CO)OC1(C)C.Cc1cc(C=O)ccc1OC/C=C/B1OC(C)(C)C(C)(C)O1. The highest BCUT2D eigenvalue weighted by atomic mass is 16.7. The molecule has 9 heteroatoms. The van der Waals surface area contributed by atoms with Gasteiger partial charge in [-0.1, -0.05) is 24.1 Å². The fourth-order valence-electron chi connectivity index (χ4n) is 3.32. The number of rotatable bonds is 7. The molecule has 1 aromatic carbocycles. The van der Waals surface area contributed by atoms with E-state index in [0.29, 0.717) is 12.2 Å². The van der Waals surface area contributed by atoms with Crippen molar-refractivity contribution in [2.75, 3.05) is 13.2 Å². The number of aliphatic hydroxyl groups excluding tert-OH is 1. The van der Waals surface area contributed by atoms with Gasteiger partial charge in [-0.05, 0) is 86.1 Å². The molecule has 0 aromatic heterocycles. The molecule has 1 aromatic rings. The molecule has 2 aliphatic heterocycles. The van der Waals surface area contributed by atoms with Gasteiger partial charge >= 0.3 is 14.2 Å². The molecule has 0 atom stereocenters. The maximum atomic E-state index is 10.7. The number of aryl methyl sites for hydroxylation is 1. The van der Waals surface area contributed by atoms with Crippen molar-refractivity contribution in [3.63, 3.8) is 0 Å². The van der Waals surface area contributed by atoms with E-state index in [9.17, 15) is 4.79 Å². The second-order valence-electron chi connectivity index (χ2n) is 10.7. The molecule has 0 saturated carbocycles. The Balaban J connectivity index is 0.000000283. The minimum atomic E-state index is -0.355. The lowest BCUT2D eigenvalue weighted by Gasteiger charge is -2.32. The van der Waals surface area contributed by atoms with Crippen LogP contribution in [0, 0.1) is 6.92 Å². The van der Waals surface area contributed by atoms with Crippen LogP contribution in [0.5, 0.6) is 5.75 Å². The van der Waals surface area contributed by atoms with Crippen molar-refractivity contribution in [2.24, 2.45) is 0 Å². The molecule has 0 radical (unpaired) electrons. The first-order valence-corrected chi connectivity index (χ1v) is 12.0. The Bertz CT molecular complexity index is 890. The van der Waals surface area contributed by atoms with Gasteiger partial charge in [-0.2, -0.15) is 0 Å². The molecule has 35 heavy (non-hydrogen) atoms. The Labute approximate surface area is 211 Å². The van der Waals surface area contributed by atoms with E-state index in [-0.39, 0.29) is 43.2 Å². The number of hydrogen-bond donors (Lipinski definition) is 1. The summed E-state index contributed by atoms with van der Waals surface area (Å²) in [6, 6.07) is 5.36. The van der Waals surface area contributed by atoms with E-state index in [1.165, 1.54) is 0 Å². The van der Waals surface area contributed by atoms with Gasteiger partial charge in [0, 0.05) is 5.56 Å². The van der Waals surface area contributed by atoms with Crippen LogP contribution in [0.4, 0.5) is 0 Å². The Hall–Kier alpha value is -1.90. The monoisotopic (exact) mass is 486 g/mol. The Morgan fingerprint density at radius 3 is 1.69 bits per heavy atom. The van der Waals surface area contributed by atoms with E-state index in [4.69, 9.17) is 28.5 Å². The van der Waals surface area contributed by atoms with Gasteiger partial charge in [0.2, 0.25) is 0 Å². The van der Waals surface area contributed by atoms with Crippen LogP contribution < -0.4 is 4.74 Å². The summed E-state index contributed by atoms with van der Waals surface area (Å²) in [5.74, 6) is 4.37. The van der Waals surface area contributed by atoms with Gasteiger partial charge in [0.05, 0.1) is 29.0 Å². The zero-order valence-corrected chi connectivity index (χ0v) is 22.6. The molecular formula is C26H40B2O7. The molecular weight excluding hydrogens is 446 g/mol. The summed E-state index contributed by atoms with van der Waals surface area (Å²) >= 11 is 0. The summed E-state index contributed by atoms with van der Waals surface area (Å²) in [6.45, 7) is 18.4. The minimum Gasteiger partial charge on any atom is -0.489 e. The standard InChI is InChI=1S/C17H23BO4.C9H17BO3/c1-13-11-14(12-19)7-8-15(13)20-10-6-9-18-21-16(2,3)17(4,5)22-18;1-8(2)9(3,4)13-10(12-8)6-5-7-11/h6-9,11-12H,10H2,1-5H3;5-6,11H,7H2,1-4H3/b9-6+;6-5+. The Morgan fingerprint density at radius 1 is 0.829 bits per heavy atom. The number of aliphatic hydroxyl groups is 1. The van der Waals surface area contributed by atoms with Crippen LogP contribution in [-0.2, 0) is 18.6 Å². The summed E-state index contributed by atoms with van der Waals surface area (Å²) in [5.41, 5.74) is 0.342. The smallest absolute Gasteiger partial charge is 0.486 e. The number of aldehydes is 1. The number of carbonyl (C=O) groups is 1. The average molecular weight is 486 g/mol. The van der Waals surface area contributed by atoms with Crippen molar-refractivity contribution < 1.29 is 33.3 Å². The van der Waals surface area contributed by atoms with Crippen LogP contribution in [0.15, 0.2) is 42.3 Å². The summed E-state index contributed by atoms with van der Waals surface area (Å²) in [6.07, 6.45) is 4.34. The molecule has 1 N–H and O–H groups in total. The summed E-state index contributed by atoms with van der Waals surface area (Å²) in [4.78, 5) is 10.7. The molecule has 3 rings (SSSR count). The fraction of sp³-hybridized carbons (Fsp3) is 0.577. The number of ether oxygens (including phenoxy) is 1. The molecule has 2 fully saturated rings. The first-order valence-electron chi connectivity index (χ1n) is 12.0. The topological polar surface area (TPSA) is 83.5 Å². The fourth-order valence-corrected chi connectivity index (χ4v) is 3.32. The van der Waals surface area contributed by atoms with E-state index in [2.05, 4.69) is 0 Å². The molecule has 2 heterocycles. The molecule has 7 nitrogen and oxygen atoms in total. The van der Waals surface area contributed by atoms with Crippen LogP contribution in [-0.4, -0.2) is 61.2 Å². The third-order valence-corrected chi connectivity index (χ3v) is 6.90. The highest BCUT2D eigenvalue weighted by Gasteiger charge is 2.50. The molecule has 192 valence electrons. The molecule has 0 unspecified atom stereocenters. The predicted octanol–water partition coefficient (Wildman–Crippen LogP) is 4.54. The minimum absolute atomic E-state index is 0.0179. The lowest BCUT2D eigenvalue weighted by Crippen LogP contribution is -2.41. The second kappa shape index (κ2) is 11.4. The zero-order valence-electron chi connectivity index (χ0n) is 22.6. The molecule has 0 amide bonds. The van der Waals surface area contributed by atoms with Crippen LogP contribution in [0.3, 0.4) is 0 Å². The lowest BCUT2D eigenvalue weighted by molar-refractivity contribution is 0.00578. The Kier molecular flexibility index (Phi) is 9.59. The van der Waals surface area contributed by atoms with Crippen molar-refractivity contribution >= 4 is 20.5 Å². The zero-order chi connectivity index (χ0) is 26.5. The van der Waals surface area contributed by atoms with Crippen molar-refractivity contribution in [1.82, 2.24) is 0 Å². The summed E-state index contributed by atoms with van der Waals surface area (Å²) < 4.78 is 28.7. The van der Waals surface area contributed by atoms with Gasteiger partial charge in [-0.3, -0.25) is 4.79 Å². The van der Waals surface area contributed by atoms with Crippen molar-refractivity contribution in [1.29, 1.82) is 0 Å². The van der Waals surface area contributed by atoms with Crippen molar-refractivity contribution in [2.45, 2.75) is 84.7 Å². The first kappa shape index (κ1) is 29.3. The third-order valence-electron chi connectivity index (χ3n) is 6.90. The predicted molar refractivity (Wildman–Crippen MR) is 140 cm³/mol. The summed E-state index contributed by atoms with van der Waals surface area (Å²) in [5, 5.41) is 8.59. The van der Waals surface area contributed by atoms with E-state index in [1.54, 1.807) is 24.2 Å². The summed E-state index contributed by atoms with van der Waals surface area (Å²) in [7, 11) is -0.690. The van der Waals surface area contributed by atoms with E-state index in [0.717, 1.165) is 17.6 Å². The quantitative estimate of drug-likeness (QED) is 0.448. The maximum absolute atomic E-state index is 10.7. The maximum Gasteiger partial charge on any atom is 0.486 e. The number of carbonyl (C=O) groups excluding carboxylic acids is 1. The van der Waals surface area contributed by atoms with Crippen LogP contribution in [0.1, 0.15) is 71.3 Å². The van der Waals surface area contributed by atoms with Crippen molar-refractivity contribution in [3.8, 4) is 5.75 Å². The Morgan fingerprint density at radius 2 is 1.29 bits per heavy atom. The number of benzene rings is 1. The van der Waals surface area contributed by atoms with Crippen LogP contribution >= 0.6 is 0 Å².